The molecule has 2 aliphatic rings. The second-order valence-corrected chi connectivity index (χ2v) is 5.71. The van der Waals surface area contributed by atoms with E-state index in [1.165, 1.54) is 5.56 Å². The van der Waals surface area contributed by atoms with Gasteiger partial charge in [0, 0.05) is 23.7 Å². The summed E-state index contributed by atoms with van der Waals surface area (Å²) in [5, 5.41) is 9.95. The Balaban J connectivity index is 1.74. The van der Waals surface area contributed by atoms with Crippen molar-refractivity contribution in [2.24, 2.45) is 5.92 Å². The number of fused-ring (bicyclic) bond motifs is 2. The summed E-state index contributed by atoms with van der Waals surface area (Å²) in [5.41, 5.74) is 1.21. The first-order chi connectivity index (χ1) is 8.65. The van der Waals surface area contributed by atoms with Gasteiger partial charge in [0.15, 0.2) is 0 Å². The van der Waals surface area contributed by atoms with Gasteiger partial charge in [0.1, 0.15) is 0 Å². The molecule has 2 heterocycles. The topological polar surface area (TPSA) is 40.5 Å². The SMILES string of the molecule is O=C(O)C1CC2CCC1N2Cc1ccc(Cl)cc1. The van der Waals surface area contributed by atoms with Crippen LogP contribution in [0.4, 0.5) is 0 Å². The van der Waals surface area contributed by atoms with Crippen LogP contribution in [0.3, 0.4) is 0 Å². The van der Waals surface area contributed by atoms with E-state index in [2.05, 4.69) is 4.90 Å². The maximum Gasteiger partial charge on any atom is 0.308 e. The van der Waals surface area contributed by atoms with E-state index in [0.717, 1.165) is 30.8 Å². The van der Waals surface area contributed by atoms with Crippen LogP contribution < -0.4 is 0 Å². The van der Waals surface area contributed by atoms with Crippen molar-refractivity contribution in [1.82, 2.24) is 4.90 Å². The minimum atomic E-state index is -0.636. The number of carboxylic acid groups (broad SMARTS) is 1. The number of rotatable bonds is 3. The van der Waals surface area contributed by atoms with Crippen LogP contribution in [-0.2, 0) is 11.3 Å². The first-order valence-corrected chi connectivity index (χ1v) is 6.76. The molecule has 1 aromatic carbocycles. The van der Waals surface area contributed by atoms with Gasteiger partial charge in [-0.3, -0.25) is 9.69 Å². The predicted octanol–water partition coefficient (Wildman–Crippen LogP) is 2.78. The maximum absolute atomic E-state index is 11.2. The molecule has 4 heteroatoms. The van der Waals surface area contributed by atoms with Crippen molar-refractivity contribution in [2.75, 3.05) is 0 Å². The lowest BCUT2D eigenvalue weighted by molar-refractivity contribution is -0.142. The Kier molecular flexibility index (Phi) is 3.04. The van der Waals surface area contributed by atoms with Gasteiger partial charge in [-0.2, -0.15) is 0 Å². The summed E-state index contributed by atoms with van der Waals surface area (Å²) in [5.74, 6) is -0.806. The second kappa shape index (κ2) is 4.56. The number of hydrogen-bond acceptors (Lipinski definition) is 2. The van der Waals surface area contributed by atoms with Gasteiger partial charge in [-0.25, -0.2) is 0 Å². The van der Waals surface area contributed by atoms with E-state index >= 15 is 0 Å². The van der Waals surface area contributed by atoms with Gasteiger partial charge in [-0.15, -0.1) is 0 Å². The molecule has 0 amide bonds. The number of halogens is 1. The lowest BCUT2D eigenvalue weighted by Gasteiger charge is -2.22. The molecule has 2 bridgehead atoms. The maximum atomic E-state index is 11.2. The quantitative estimate of drug-likeness (QED) is 0.914. The van der Waals surface area contributed by atoms with Gasteiger partial charge < -0.3 is 5.11 Å². The van der Waals surface area contributed by atoms with Crippen LogP contribution >= 0.6 is 11.6 Å². The monoisotopic (exact) mass is 265 g/mol. The van der Waals surface area contributed by atoms with Gasteiger partial charge >= 0.3 is 5.97 Å². The zero-order valence-corrected chi connectivity index (χ0v) is 10.8. The standard InChI is InChI=1S/C14H16ClNO2/c15-10-3-1-9(2-4-10)8-16-11-5-6-13(16)12(7-11)14(17)18/h1-4,11-13H,5-8H2,(H,17,18). The zero-order valence-electron chi connectivity index (χ0n) is 10.1. The summed E-state index contributed by atoms with van der Waals surface area (Å²) < 4.78 is 0. The van der Waals surface area contributed by atoms with E-state index in [4.69, 9.17) is 11.6 Å². The fourth-order valence-electron chi connectivity index (χ4n) is 3.41. The van der Waals surface area contributed by atoms with Crippen molar-refractivity contribution in [3.05, 3.63) is 34.9 Å². The molecule has 3 unspecified atom stereocenters. The third-order valence-electron chi connectivity index (χ3n) is 4.28. The number of carbonyl (C=O) groups is 1. The summed E-state index contributed by atoms with van der Waals surface area (Å²) in [6.07, 6.45) is 2.98. The Morgan fingerprint density at radius 2 is 2.06 bits per heavy atom. The van der Waals surface area contributed by atoms with Crippen molar-refractivity contribution in [1.29, 1.82) is 0 Å². The fraction of sp³-hybridized carbons (Fsp3) is 0.500. The largest absolute Gasteiger partial charge is 0.481 e. The average molecular weight is 266 g/mol. The van der Waals surface area contributed by atoms with Crippen LogP contribution in [0.2, 0.25) is 5.02 Å². The minimum absolute atomic E-state index is 0.170. The highest BCUT2D eigenvalue weighted by Gasteiger charge is 2.48. The van der Waals surface area contributed by atoms with Crippen LogP contribution in [0.5, 0.6) is 0 Å². The van der Waals surface area contributed by atoms with Crippen molar-refractivity contribution in [3.63, 3.8) is 0 Å². The molecular formula is C14H16ClNO2. The van der Waals surface area contributed by atoms with E-state index in [1.54, 1.807) is 0 Å². The number of hydrogen-bond donors (Lipinski definition) is 1. The van der Waals surface area contributed by atoms with Gasteiger partial charge in [0.05, 0.1) is 5.92 Å². The van der Waals surface area contributed by atoms with Crippen LogP contribution in [0.1, 0.15) is 24.8 Å². The molecule has 18 heavy (non-hydrogen) atoms. The summed E-state index contributed by atoms with van der Waals surface area (Å²) in [6, 6.07) is 8.51. The molecule has 0 saturated carbocycles. The van der Waals surface area contributed by atoms with E-state index in [-0.39, 0.29) is 12.0 Å². The molecule has 96 valence electrons. The lowest BCUT2D eigenvalue weighted by atomic mass is 9.89. The van der Waals surface area contributed by atoms with Crippen molar-refractivity contribution in [3.8, 4) is 0 Å². The zero-order chi connectivity index (χ0) is 12.7. The van der Waals surface area contributed by atoms with E-state index in [0.29, 0.717) is 6.04 Å². The molecule has 3 rings (SSSR count). The summed E-state index contributed by atoms with van der Waals surface area (Å²) >= 11 is 5.87. The molecule has 2 saturated heterocycles. The third kappa shape index (κ3) is 2.02. The normalized spacial score (nSPS) is 30.8. The molecule has 0 radical (unpaired) electrons. The smallest absolute Gasteiger partial charge is 0.308 e. The highest BCUT2D eigenvalue weighted by atomic mass is 35.5. The highest BCUT2D eigenvalue weighted by molar-refractivity contribution is 6.30. The van der Waals surface area contributed by atoms with Gasteiger partial charge in [-0.1, -0.05) is 23.7 Å². The first kappa shape index (κ1) is 12.0. The van der Waals surface area contributed by atoms with E-state index < -0.39 is 5.97 Å². The second-order valence-electron chi connectivity index (χ2n) is 5.28. The third-order valence-corrected chi connectivity index (χ3v) is 4.53. The van der Waals surface area contributed by atoms with Crippen molar-refractivity contribution >= 4 is 17.6 Å². The van der Waals surface area contributed by atoms with Gasteiger partial charge in [-0.05, 0) is 37.0 Å². The van der Waals surface area contributed by atoms with Crippen LogP contribution in [-0.4, -0.2) is 28.1 Å². The van der Waals surface area contributed by atoms with Crippen molar-refractivity contribution < 1.29 is 9.90 Å². The molecule has 0 aromatic heterocycles. The van der Waals surface area contributed by atoms with Gasteiger partial charge in [0.2, 0.25) is 0 Å². The fourth-order valence-corrected chi connectivity index (χ4v) is 3.54. The summed E-state index contributed by atoms with van der Waals surface area (Å²) in [7, 11) is 0. The first-order valence-electron chi connectivity index (χ1n) is 6.38. The highest BCUT2D eigenvalue weighted by Crippen LogP contribution is 2.42. The van der Waals surface area contributed by atoms with Crippen molar-refractivity contribution in [2.45, 2.75) is 37.9 Å². The molecule has 3 nitrogen and oxygen atoms in total. The molecule has 3 atom stereocenters. The molecule has 2 aliphatic heterocycles. The number of benzene rings is 1. The number of aliphatic carboxylic acids is 1. The van der Waals surface area contributed by atoms with Crippen LogP contribution in [0, 0.1) is 5.92 Å². The van der Waals surface area contributed by atoms with E-state index in [9.17, 15) is 9.90 Å². The molecule has 0 spiro atoms. The molecular weight excluding hydrogens is 250 g/mol. The summed E-state index contributed by atoms with van der Waals surface area (Å²) in [4.78, 5) is 13.6. The Morgan fingerprint density at radius 1 is 1.33 bits per heavy atom. The predicted molar refractivity (Wildman–Crippen MR) is 69.5 cm³/mol. The molecule has 1 N–H and O–H groups in total. The average Bonchev–Trinajstić information content (AvgIpc) is 2.89. The summed E-state index contributed by atoms with van der Waals surface area (Å²) in [6.45, 7) is 0.844. The Labute approximate surface area is 111 Å². The minimum Gasteiger partial charge on any atom is -0.481 e. The van der Waals surface area contributed by atoms with Crippen LogP contribution in [0.25, 0.3) is 0 Å². The van der Waals surface area contributed by atoms with Crippen LogP contribution in [0.15, 0.2) is 24.3 Å². The molecule has 2 fully saturated rings. The number of carboxylic acids is 1. The Bertz CT molecular complexity index is 459. The Hall–Kier alpha value is -1.06. The van der Waals surface area contributed by atoms with E-state index in [1.807, 2.05) is 24.3 Å². The molecule has 1 aromatic rings. The number of nitrogens with zero attached hydrogens (tertiary/aromatic N) is 1. The lowest BCUT2D eigenvalue weighted by Crippen LogP contribution is -2.32. The molecule has 0 aliphatic carbocycles. The Morgan fingerprint density at radius 3 is 2.67 bits per heavy atom. The van der Waals surface area contributed by atoms with Gasteiger partial charge in [0.25, 0.3) is 0 Å².